The van der Waals surface area contributed by atoms with Gasteiger partial charge in [0.2, 0.25) is 0 Å². The van der Waals surface area contributed by atoms with Crippen molar-refractivity contribution < 1.29 is 0 Å². The fourth-order valence-corrected chi connectivity index (χ4v) is 5.05. The normalized spacial score (nSPS) is 20.3. The molecule has 5 nitrogen and oxygen atoms in total. The van der Waals surface area contributed by atoms with E-state index in [1.165, 1.54) is 11.3 Å². The molecule has 0 spiro atoms. The van der Waals surface area contributed by atoms with Gasteiger partial charge in [-0.1, -0.05) is 13.0 Å². The van der Waals surface area contributed by atoms with Crippen LogP contribution in [-0.2, 0) is 0 Å². The summed E-state index contributed by atoms with van der Waals surface area (Å²) < 4.78 is 0. The van der Waals surface area contributed by atoms with Gasteiger partial charge in [-0.2, -0.15) is 10.5 Å². The molecule has 0 saturated carbocycles. The molecule has 4 rings (SSSR count). The van der Waals surface area contributed by atoms with Crippen LogP contribution in [0.5, 0.6) is 0 Å². The quantitative estimate of drug-likeness (QED) is 0.679. The van der Waals surface area contributed by atoms with Crippen molar-refractivity contribution in [2.24, 2.45) is 0 Å². The Hall–Kier alpha value is -3.57. The van der Waals surface area contributed by atoms with Crippen LogP contribution in [0.2, 0.25) is 0 Å². The van der Waals surface area contributed by atoms with Crippen LogP contribution in [-0.4, -0.2) is 17.6 Å². The first kappa shape index (κ1) is 20.7. The highest BCUT2D eigenvalue weighted by Crippen LogP contribution is 2.46. The summed E-state index contributed by atoms with van der Waals surface area (Å²) in [5.74, 6) is 0.629. The van der Waals surface area contributed by atoms with E-state index in [1.54, 1.807) is 0 Å². The van der Waals surface area contributed by atoms with Crippen molar-refractivity contribution in [2.45, 2.75) is 52.5 Å². The first-order valence-electron chi connectivity index (χ1n) is 10.5. The molecule has 0 radical (unpaired) electrons. The minimum Gasteiger partial charge on any atom is -0.383 e. The molecule has 2 aromatic rings. The number of nitrogen functional groups attached to an aromatic ring is 1. The monoisotopic (exact) mass is 409 g/mol. The fourth-order valence-electron chi connectivity index (χ4n) is 5.05. The molecular weight excluding hydrogens is 382 g/mol. The molecule has 5 heteroatoms. The maximum atomic E-state index is 9.76. The van der Waals surface area contributed by atoms with Crippen LogP contribution in [0.1, 0.15) is 73.5 Å². The van der Waals surface area contributed by atoms with Gasteiger partial charge < -0.3 is 10.6 Å². The van der Waals surface area contributed by atoms with Gasteiger partial charge in [0.05, 0.1) is 16.8 Å². The molecule has 2 N–H and O–H groups in total. The van der Waals surface area contributed by atoms with Crippen molar-refractivity contribution in [1.29, 1.82) is 10.5 Å². The van der Waals surface area contributed by atoms with Gasteiger partial charge in [0.25, 0.3) is 0 Å². The number of hydrogen-bond acceptors (Lipinski definition) is 5. The van der Waals surface area contributed by atoms with Gasteiger partial charge in [0.1, 0.15) is 18.0 Å². The molecule has 156 valence electrons. The number of aromatic nitrogens is 1. The van der Waals surface area contributed by atoms with Gasteiger partial charge in [0, 0.05) is 23.8 Å². The number of benzene rings is 1. The van der Waals surface area contributed by atoms with E-state index in [9.17, 15) is 10.5 Å². The Labute approximate surface area is 184 Å². The predicted octanol–water partition coefficient (Wildman–Crippen LogP) is 5.42. The highest BCUT2D eigenvalue weighted by molar-refractivity contribution is 6.08. The largest absolute Gasteiger partial charge is 0.383 e. The lowest BCUT2D eigenvalue weighted by molar-refractivity contribution is 0.395. The molecule has 1 aliphatic heterocycles. The van der Waals surface area contributed by atoms with Gasteiger partial charge in [0.15, 0.2) is 0 Å². The van der Waals surface area contributed by atoms with Crippen molar-refractivity contribution in [1.82, 2.24) is 4.98 Å². The van der Waals surface area contributed by atoms with E-state index >= 15 is 0 Å². The second-order valence-electron chi connectivity index (χ2n) is 9.30. The number of rotatable bonds is 1. The molecule has 0 amide bonds. The van der Waals surface area contributed by atoms with Gasteiger partial charge in [-0.15, -0.1) is 0 Å². The minimum atomic E-state index is 0.119. The molecule has 31 heavy (non-hydrogen) atoms. The number of pyridine rings is 1. The second kappa shape index (κ2) is 7.00. The molecule has 1 aromatic heterocycles. The van der Waals surface area contributed by atoms with E-state index in [1.807, 2.05) is 13.8 Å². The molecule has 0 fully saturated rings. The Bertz CT molecular complexity index is 1260. The molecule has 1 atom stereocenters. The molecule has 1 aliphatic carbocycles. The Kier molecular flexibility index (Phi) is 4.67. The number of hydrogen-bond donors (Lipinski definition) is 1. The highest BCUT2D eigenvalue weighted by Gasteiger charge is 2.34. The minimum absolute atomic E-state index is 0.119. The summed E-state index contributed by atoms with van der Waals surface area (Å²) in [6.07, 6.45) is 3.20. The third kappa shape index (κ3) is 3.01. The van der Waals surface area contributed by atoms with E-state index in [-0.39, 0.29) is 11.4 Å². The lowest BCUT2D eigenvalue weighted by atomic mass is 9.80. The van der Waals surface area contributed by atoms with Crippen molar-refractivity contribution >= 4 is 28.7 Å². The number of allylic oxidation sites excluding steroid dienone is 3. The maximum absolute atomic E-state index is 9.76. The highest BCUT2D eigenvalue weighted by atomic mass is 15.2. The summed E-state index contributed by atoms with van der Waals surface area (Å²) in [7, 11) is 2.16. The summed E-state index contributed by atoms with van der Waals surface area (Å²) in [5, 5.41) is 19.3. The summed E-state index contributed by atoms with van der Waals surface area (Å²) in [6.45, 7) is 10.7. The standard InChI is InChI=1S/C26H27N5/c1-14-11-26(4,5)31(6)22-8-7-17(9-18(14)22)10-19-15(2)20(12-27)24-23(19)16(3)21(13-28)25(29)30-24/h7-10,14H,11H2,1-6H3,(H2,29,30)/b19-10-. The van der Waals surface area contributed by atoms with Crippen molar-refractivity contribution in [3.63, 3.8) is 0 Å². The number of fused-ring (bicyclic) bond motifs is 2. The Morgan fingerprint density at radius 1 is 1.23 bits per heavy atom. The third-order valence-corrected chi connectivity index (χ3v) is 6.95. The average molecular weight is 410 g/mol. The summed E-state index contributed by atoms with van der Waals surface area (Å²) in [4.78, 5) is 6.78. The van der Waals surface area contributed by atoms with Crippen LogP contribution < -0.4 is 10.6 Å². The zero-order valence-corrected chi connectivity index (χ0v) is 19.0. The molecule has 0 saturated heterocycles. The van der Waals surface area contributed by atoms with E-state index in [0.29, 0.717) is 22.7 Å². The van der Waals surface area contributed by atoms with Gasteiger partial charge >= 0.3 is 0 Å². The van der Waals surface area contributed by atoms with Crippen molar-refractivity contribution in [2.75, 3.05) is 17.7 Å². The van der Waals surface area contributed by atoms with E-state index in [4.69, 9.17) is 5.73 Å². The second-order valence-corrected chi connectivity index (χ2v) is 9.30. The van der Waals surface area contributed by atoms with Crippen LogP contribution in [0, 0.1) is 29.6 Å². The molecule has 0 bridgehead atoms. The third-order valence-electron chi connectivity index (χ3n) is 6.95. The number of anilines is 2. The summed E-state index contributed by atoms with van der Waals surface area (Å²) in [6, 6.07) is 11.0. The smallest absolute Gasteiger partial charge is 0.142 e. The Morgan fingerprint density at radius 3 is 2.58 bits per heavy atom. The number of nitrogens with two attached hydrogens (primary N) is 1. The first-order chi connectivity index (χ1) is 14.6. The first-order valence-corrected chi connectivity index (χ1v) is 10.5. The zero-order valence-electron chi connectivity index (χ0n) is 19.0. The van der Waals surface area contributed by atoms with Crippen LogP contribution in [0.15, 0.2) is 23.8 Å². The molecule has 1 unspecified atom stereocenters. The van der Waals surface area contributed by atoms with Gasteiger partial charge in [-0.05, 0) is 86.1 Å². The molecule has 2 heterocycles. The topological polar surface area (TPSA) is 89.7 Å². The summed E-state index contributed by atoms with van der Waals surface area (Å²) >= 11 is 0. The lowest BCUT2D eigenvalue weighted by Gasteiger charge is -2.45. The zero-order chi connectivity index (χ0) is 22.7. The molecular formula is C26H27N5. The van der Waals surface area contributed by atoms with Gasteiger partial charge in [-0.3, -0.25) is 0 Å². The Morgan fingerprint density at radius 2 is 1.94 bits per heavy atom. The summed E-state index contributed by atoms with van der Waals surface area (Å²) in [5.41, 5.74) is 14.7. The molecule has 1 aromatic carbocycles. The van der Waals surface area contributed by atoms with Crippen LogP contribution in [0.25, 0.3) is 17.2 Å². The predicted molar refractivity (Wildman–Crippen MR) is 126 cm³/mol. The van der Waals surface area contributed by atoms with E-state index in [2.05, 4.69) is 74.1 Å². The van der Waals surface area contributed by atoms with Crippen LogP contribution in [0.4, 0.5) is 11.5 Å². The Balaban J connectivity index is 1.90. The maximum Gasteiger partial charge on any atom is 0.142 e. The fraction of sp³-hybridized carbons (Fsp3) is 0.346. The van der Waals surface area contributed by atoms with Crippen LogP contribution >= 0.6 is 0 Å². The average Bonchev–Trinajstić information content (AvgIpc) is 2.97. The van der Waals surface area contributed by atoms with Crippen LogP contribution in [0.3, 0.4) is 0 Å². The SMILES string of the molecule is CC1=C(C#N)c2nc(N)c(C#N)c(C)c2/C1=C\c1ccc2c(c1)C(C)CC(C)(C)N2C. The molecule has 2 aliphatic rings. The van der Waals surface area contributed by atoms with Crippen molar-refractivity contribution in [3.05, 3.63) is 57.3 Å². The van der Waals surface area contributed by atoms with Crippen molar-refractivity contribution in [3.8, 4) is 12.1 Å². The number of nitrogens with zero attached hydrogens (tertiary/aromatic N) is 4. The lowest BCUT2D eigenvalue weighted by Crippen LogP contribution is -2.45. The number of nitriles is 2. The van der Waals surface area contributed by atoms with Gasteiger partial charge in [-0.25, -0.2) is 4.98 Å². The van der Waals surface area contributed by atoms with E-state index in [0.717, 1.165) is 34.3 Å². The van der Waals surface area contributed by atoms with E-state index < -0.39 is 0 Å².